The molecule has 1 aromatic heterocycles. The molecule has 0 N–H and O–H groups in total. The molecule has 1 atom stereocenters. The van der Waals surface area contributed by atoms with E-state index in [0.717, 1.165) is 44.8 Å². The van der Waals surface area contributed by atoms with E-state index in [1.807, 2.05) is 18.3 Å². The lowest BCUT2D eigenvalue weighted by Crippen LogP contribution is -2.65. The molecule has 0 unspecified atom stereocenters. The van der Waals surface area contributed by atoms with Crippen LogP contribution in [-0.2, 0) is 16.0 Å². The zero-order valence-electron chi connectivity index (χ0n) is 10.8. The Bertz CT molecular complexity index is 390. The number of likely N-dealkylation sites (tertiary alicyclic amines) is 1. The third kappa shape index (κ3) is 2.41. The van der Waals surface area contributed by atoms with Crippen molar-refractivity contribution in [3.05, 3.63) is 30.1 Å². The molecule has 2 aliphatic rings. The van der Waals surface area contributed by atoms with E-state index in [9.17, 15) is 0 Å². The molecule has 3 rings (SSSR count). The van der Waals surface area contributed by atoms with Crippen LogP contribution in [0.4, 0.5) is 0 Å². The first-order valence-electron chi connectivity index (χ1n) is 6.59. The van der Waals surface area contributed by atoms with Crippen molar-refractivity contribution in [3.8, 4) is 0 Å². The maximum Gasteiger partial charge on any atom is 0.0959 e. The van der Waals surface area contributed by atoms with Gasteiger partial charge in [-0.25, -0.2) is 0 Å². The van der Waals surface area contributed by atoms with Gasteiger partial charge in [0.25, 0.3) is 0 Å². The summed E-state index contributed by atoms with van der Waals surface area (Å²) in [6.45, 7) is 3.76. The van der Waals surface area contributed by atoms with E-state index in [2.05, 4.69) is 16.0 Å². The summed E-state index contributed by atoms with van der Waals surface area (Å²) in [6, 6.07) is 6.06. The molecule has 3 heterocycles. The minimum Gasteiger partial charge on any atom is -0.381 e. The normalized spacial score (nSPS) is 27.1. The van der Waals surface area contributed by atoms with Gasteiger partial charge >= 0.3 is 0 Å². The van der Waals surface area contributed by atoms with Crippen molar-refractivity contribution in [2.24, 2.45) is 0 Å². The van der Waals surface area contributed by atoms with Gasteiger partial charge in [0.15, 0.2) is 0 Å². The van der Waals surface area contributed by atoms with Gasteiger partial charge in [-0.05, 0) is 18.6 Å². The molecule has 0 bridgehead atoms. The Morgan fingerprint density at radius 1 is 1.50 bits per heavy atom. The molecule has 1 aromatic rings. The molecule has 0 amide bonds. The number of hydrogen-bond donors (Lipinski definition) is 0. The van der Waals surface area contributed by atoms with Gasteiger partial charge in [0, 0.05) is 46.0 Å². The first kappa shape index (κ1) is 12.1. The summed E-state index contributed by atoms with van der Waals surface area (Å²) < 4.78 is 11.4. The van der Waals surface area contributed by atoms with E-state index >= 15 is 0 Å². The highest BCUT2D eigenvalue weighted by molar-refractivity contribution is 5.07. The van der Waals surface area contributed by atoms with Gasteiger partial charge in [0.2, 0.25) is 0 Å². The fourth-order valence-electron chi connectivity index (χ4n) is 3.01. The number of pyridine rings is 1. The standard InChI is InChI=1S/C14H20N2O2/c1-17-13-5-7-18-14(8-13)10-16(11-14)9-12-4-2-3-6-15-12/h2-4,6,13H,5,7-11H2,1H3/t13-/m0/s1. The van der Waals surface area contributed by atoms with Crippen LogP contribution in [0.2, 0.25) is 0 Å². The summed E-state index contributed by atoms with van der Waals surface area (Å²) in [7, 11) is 1.80. The number of methoxy groups -OCH3 is 1. The lowest BCUT2D eigenvalue weighted by Gasteiger charge is -2.53. The van der Waals surface area contributed by atoms with Gasteiger partial charge in [-0.2, -0.15) is 0 Å². The van der Waals surface area contributed by atoms with E-state index < -0.39 is 0 Å². The molecule has 18 heavy (non-hydrogen) atoms. The molecule has 98 valence electrons. The van der Waals surface area contributed by atoms with Crippen LogP contribution in [0.3, 0.4) is 0 Å². The molecule has 2 fully saturated rings. The summed E-state index contributed by atoms with van der Waals surface area (Å²) in [5.74, 6) is 0. The Kier molecular flexibility index (Phi) is 3.33. The first-order chi connectivity index (χ1) is 8.80. The Hall–Kier alpha value is -0.970. The Morgan fingerprint density at radius 2 is 2.39 bits per heavy atom. The fourth-order valence-corrected chi connectivity index (χ4v) is 3.01. The van der Waals surface area contributed by atoms with Crippen molar-refractivity contribution >= 4 is 0 Å². The van der Waals surface area contributed by atoms with E-state index in [-0.39, 0.29) is 5.60 Å². The number of hydrogen-bond acceptors (Lipinski definition) is 4. The minimum absolute atomic E-state index is 0.0493. The molecule has 1 spiro atoms. The quantitative estimate of drug-likeness (QED) is 0.811. The van der Waals surface area contributed by atoms with E-state index in [4.69, 9.17) is 9.47 Å². The molecule has 4 heteroatoms. The van der Waals surface area contributed by atoms with E-state index in [0.29, 0.717) is 6.10 Å². The molecule has 0 saturated carbocycles. The molecule has 2 saturated heterocycles. The van der Waals surface area contributed by atoms with Crippen molar-refractivity contribution in [3.63, 3.8) is 0 Å². The number of nitrogens with zero attached hydrogens (tertiary/aromatic N) is 2. The fraction of sp³-hybridized carbons (Fsp3) is 0.643. The van der Waals surface area contributed by atoms with Crippen LogP contribution in [0.1, 0.15) is 18.5 Å². The second kappa shape index (κ2) is 4.96. The molecule has 2 aliphatic heterocycles. The van der Waals surface area contributed by atoms with Gasteiger partial charge in [0.1, 0.15) is 0 Å². The van der Waals surface area contributed by atoms with Crippen LogP contribution in [0, 0.1) is 0 Å². The summed E-state index contributed by atoms with van der Waals surface area (Å²) in [5, 5.41) is 0. The van der Waals surface area contributed by atoms with Crippen LogP contribution in [0.5, 0.6) is 0 Å². The lowest BCUT2D eigenvalue weighted by molar-refractivity contribution is -0.195. The largest absolute Gasteiger partial charge is 0.381 e. The molecular weight excluding hydrogens is 228 g/mol. The van der Waals surface area contributed by atoms with Crippen molar-refractivity contribution in [2.75, 3.05) is 26.8 Å². The highest BCUT2D eigenvalue weighted by Gasteiger charge is 2.47. The average Bonchev–Trinajstić information content (AvgIpc) is 2.38. The van der Waals surface area contributed by atoms with Gasteiger partial charge in [-0.15, -0.1) is 0 Å². The van der Waals surface area contributed by atoms with Crippen LogP contribution >= 0.6 is 0 Å². The van der Waals surface area contributed by atoms with Crippen molar-refractivity contribution in [1.82, 2.24) is 9.88 Å². The molecule has 0 radical (unpaired) electrons. The first-order valence-corrected chi connectivity index (χ1v) is 6.59. The highest BCUT2D eigenvalue weighted by Crippen LogP contribution is 2.35. The van der Waals surface area contributed by atoms with Gasteiger partial charge < -0.3 is 9.47 Å². The molecule has 0 aromatic carbocycles. The zero-order chi connectivity index (χ0) is 12.4. The van der Waals surface area contributed by atoms with Crippen molar-refractivity contribution in [2.45, 2.75) is 31.1 Å². The Balaban J connectivity index is 1.53. The third-order valence-electron chi connectivity index (χ3n) is 3.92. The topological polar surface area (TPSA) is 34.6 Å². The molecule has 0 aliphatic carbocycles. The number of rotatable bonds is 3. The van der Waals surface area contributed by atoms with Crippen LogP contribution in [0.25, 0.3) is 0 Å². The zero-order valence-corrected chi connectivity index (χ0v) is 10.8. The third-order valence-corrected chi connectivity index (χ3v) is 3.92. The average molecular weight is 248 g/mol. The predicted octanol–water partition coefficient (Wildman–Crippen LogP) is 1.46. The van der Waals surface area contributed by atoms with E-state index in [1.165, 1.54) is 0 Å². The monoisotopic (exact) mass is 248 g/mol. The van der Waals surface area contributed by atoms with Crippen molar-refractivity contribution in [1.29, 1.82) is 0 Å². The van der Waals surface area contributed by atoms with Gasteiger partial charge in [-0.1, -0.05) is 6.07 Å². The lowest BCUT2D eigenvalue weighted by atomic mass is 9.84. The maximum atomic E-state index is 5.96. The van der Waals surface area contributed by atoms with Crippen LogP contribution in [-0.4, -0.2) is 48.4 Å². The summed E-state index contributed by atoms with van der Waals surface area (Å²) >= 11 is 0. The summed E-state index contributed by atoms with van der Waals surface area (Å²) in [5.41, 5.74) is 1.18. The Morgan fingerprint density at radius 3 is 3.11 bits per heavy atom. The van der Waals surface area contributed by atoms with Crippen LogP contribution in [0.15, 0.2) is 24.4 Å². The van der Waals surface area contributed by atoms with Crippen molar-refractivity contribution < 1.29 is 9.47 Å². The number of ether oxygens (including phenoxy) is 2. The Labute approximate surface area is 108 Å². The summed E-state index contributed by atoms with van der Waals surface area (Å²) in [6.07, 6.45) is 4.28. The summed E-state index contributed by atoms with van der Waals surface area (Å²) in [4.78, 5) is 6.75. The highest BCUT2D eigenvalue weighted by atomic mass is 16.5. The maximum absolute atomic E-state index is 5.96. The SMILES string of the molecule is CO[C@H]1CCOC2(C1)CN(Cc1ccccn1)C2. The molecular formula is C14H20N2O2. The van der Waals surface area contributed by atoms with Gasteiger partial charge in [0.05, 0.1) is 17.4 Å². The second-order valence-corrected chi connectivity index (χ2v) is 5.35. The van der Waals surface area contributed by atoms with E-state index in [1.54, 1.807) is 7.11 Å². The number of aromatic nitrogens is 1. The second-order valence-electron chi connectivity index (χ2n) is 5.35. The smallest absolute Gasteiger partial charge is 0.0959 e. The van der Waals surface area contributed by atoms with Crippen LogP contribution < -0.4 is 0 Å². The predicted molar refractivity (Wildman–Crippen MR) is 68.2 cm³/mol. The molecule has 4 nitrogen and oxygen atoms in total. The van der Waals surface area contributed by atoms with Gasteiger partial charge in [-0.3, -0.25) is 9.88 Å². The minimum atomic E-state index is 0.0493.